The van der Waals surface area contributed by atoms with Crippen molar-refractivity contribution < 1.29 is 18.7 Å². The average Bonchev–Trinajstić information content (AvgIpc) is 2.64. The molecule has 0 bridgehead atoms. The van der Waals surface area contributed by atoms with E-state index in [1.54, 1.807) is 26.8 Å². The Kier molecular flexibility index (Phi) is 5.79. The minimum absolute atomic E-state index is 0.0427. The lowest BCUT2D eigenvalue weighted by molar-refractivity contribution is 0.0140. The summed E-state index contributed by atoms with van der Waals surface area (Å²) in [4.78, 5) is 13.2. The number of unbranched alkanes of at least 4 members (excludes halogenated alkanes) is 1. The third-order valence-corrected chi connectivity index (χ3v) is 2.73. The Labute approximate surface area is 114 Å². The molecule has 4 nitrogen and oxygen atoms in total. The van der Waals surface area contributed by atoms with E-state index in [1.807, 2.05) is 0 Å². The van der Waals surface area contributed by atoms with Gasteiger partial charge in [-0.1, -0.05) is 6.08 Å². The fourth-order valence-corrected chi connectivity index (χ4v) is 1.83. The summed E-state index contributed by atoms with van der Waals surface area (Å²) in [6.07, 6.45) is 1.30. The highest BCUT2D eigenvalue weighted by Crippen LogP contribution is 2.20. The number of nitrogens with zero attached hydrogens (tertiary/aromatic N) is 1. The molecule has 0 N–H and O–H groups in total. The van der Waals surface area contributed by atoms with Crippen LogP contribution in [-0.4, -0.2) is 48.6 Å². The first-order chi connectivity index (χ1) is 8.83. The minimum atomic E-state index is -1.14. The number of halogens is 1. The van der Waals surface area contributed by atoms with E-state index in [2.05, 4.69) is 6.58 Å². The predicted octanol–water partition coefficient (Wildman–Crippen LogP) is 2.93. The second kappa shape index (κ2) is 6.89. The maximum Gasteiger partial charge on any atom is 0.410 e. The highest BCUT2D eigenvalue weighted by Gasteiger charge is 2.37. The van der Waals surface area contributed by atoms with E-state index in [4.69, 9.17) is 9.47 Å². The first-order valence-electron chi connectivity index (χ1n) is 6.68. The number of carbonyl (C=O) groups is 1. The van der Waals surface area contributed by atoms with E-state index in [1.165, 1.54) is 4.90 Å². The number of alkyl halides is 1. The number of amides is 1. The fourth-order valence-electron chi connectivity index (χ4n) is 1.83. The number of hydrogen-bond donors (Lipinski definition) is 0. The normalized spacial score (nSPS) is 23.5. The van der Waals surface area contributed by atoms with Gasteiger partial charge in [-0.3, -0.25) is 0 Å². The summed E-state index contributed by atoms with van der Waals surface area (Å²) in [5, 5.41) is 0. The highest BCUT2D eigenvalue weighted by atomic mass is 19.1. The van der Waals surface area contributed by atoms with Gasteiger partial charge in [-0.15, -0.1) is 6.58 Å². The molecule has 0 aliphatic carbocycles. The number of allylic oxidation sites excluding steroid dienone is 1. The van der Waals surface area contributed by atoms with Crippen LogP contribution < -0.4 is 0 Å². The van der Waals surface area contributed by atoms with Gasteiger partial charge in [0.2, 0.25) is 0 Å². The molecular formula is C14H24FNO3. The van der Waals surface area contributed by atoms with E-state index in [0.29, 0.717) is 6.61 Å². The number of hydrogen-bond acceptors (Lipinski definition) is 3. The van der Waals surface area contributed by atoms with Gasteiger partial charge < -0.3 is 14.4 Å². The van der Waals surface area contributed by atoms with Crippen LogP contribution in [0.5, 0.6) is 0 Å². The Morgan fingerprint density at radius 3 is 2.74 bits per heavy atom. The molecule has 1 heterocycles. The molecule has 0 aromatic rings. The standard InChI is InChI=1S/C14H24FNO3/c1-5-6-7-8-18-12-10-16(9-11(12)15)13(17)19-14(2,3)4/h5,11-12H,1,6-10H2,2-4H3/t11-,12-/m1/s1. The molecule has 0 aromatic heterocycles. The van der Waals surface area contributed by atoms with Crippen LogP contribution in [-0.2, 0) is 9.47 Å². The number of likely N-dealkylation sites (tertiary alicyclic amines) is 1. The summed E-state index contributed by atoms with van der Waals surface area (Å²) >= 11 is 0. The van der Waals surface area contributed by atoms with Gasteiger partial charge in [0.15, 0.2) is 0 Å². The summed E-state index contributed by atoms with van der Waals surface area (Å²) in [5.74, 6) is 0. The molecule has 5 heteroatoms. The van der Waals surface area contributed by atoms with Gasteiger partial charge in [0.05, 0.1) is 13.1 Å². The van der Waals surface area contributed by atoms with Crippen molar-refractivity contribution in [2.24, 2.45) is 0 Å². The first-order valence-corrected chi connectivity index (χ1v) is 6.68. The van der Waals surface area contributed by atoms with Crippen molar-refractivity contribution in [2.45, 2.75) is 51.5 Å². The summed E-state index contributed by atoms with van der Waals surface area (Å²) in [6, 6.07) is 0. The molecule has 1 rings (SSSR count). The van der Waals surface area contributed by atoms with Crippen LogP contribution in [0.2, 0.25) is 0 Å². The zero-order valence-electron chi connectivity index (χ0n) is 12.0. The lowest BCUT2D eigenvalue weighted by Crippen LogP contribution is -2.36. The van der Waals surface area contributed by atoms with Crippen molar-refractivity contribution in [3.8, 4) is 0 Å². The molecule has 1 fully saturated rings. The van der Waals surface area contributed by atoms with Gasteiger partial charge in [-0.05, 0) is 33.6 Å². The Morgan fingerprint density at radius 1 is 1.47 bits per heavy atom. The van der Waals surface area contributed by atoms with Crippen molar-refractivity contribution >= 4 is 6.09 Å². The number of rotatable bonds is 5. The summed E-state index contributed by atoms with van der Waals surface area (Å²) < 4.78 is 24.4. The molecule has 19 heavy (non-hydrogen) atoms. The molecule has 1 aliphatic heterocycles. The third kappa shape index (κ3) is 5.59. The van der Waals surface area contributed by atoms with Crippen molar-refractivity contribution in [3.63, 3.8) is 0 Å². The van der Waals surface area contributed by atoms with Crippen LogP contribution in [0.25, 0.3) is 0 Å². The van der Waals surface area contributed by atoms with Crippen LogP contribution in [0.3, 0.4) is 0 Å². The van der Waals surface area contributed by atoms with E-state index in [-0.39, 0.29) is 13.1 Å². The van der Waals surface area contributed by atoms with Crippen molar-refractivity contribution in [1.82, 2.24) is 4.90 Å². The van der Waals surface area contributed by atoms with Gasteiger partial charge in [0, 0.05) is 6.61 Å². The number of carbonyl (C=O) groups excluding carboxylic acids is 1. The molecule has 0 spiro atoms. The zero-order valence-corrected chi connectivity index (χ0v) is 12.0. The SMILES string of the molecule is C=CCCCO[C@@H]1CN(C(=O)OC(C)(C)C)C[C@H]1F. The third-order valence-electron chi connectivity index (χ3n) is 2.73. The van der Waals surface area contributed by atoms with Crippen LogP contribution in [0, 0.1) is 0 Å². The monoisotopic (exact) mass is 273 g/mol. The maximum atomic E-state index is 13.7. The van der Waals surface area contributed by atoms with Gasteiger partial charge in [0.1, 0.15) is 17.9 Å². The Morgan fingerprint density at radius 2 is 2.16 bits per heavy atom. The van der Waals surface area contributed by atoms with E-state index in [9.17, 15) is 9.18 Å². The molecule has 2 atom stereocenters. The Balaban J connectivity index is 2.37. The molecular weight excluding hydrogens is 249 g/mol. The average molecular weight is 273 g/mol. The second-order valence-electron chi connectivity index (χ2n) is 5.74. The quantitative estimate of drug-likeness (QED) is 0.571. The van der Waals surface area contributed by atoms with Gasteiger partial charge in [-0.25, -0.2) is 9.18 Å². The van der Waals surface area contributed by atoms with Crippen LogP contribution in [0.15, 0.2) is 12.7 Å². The summed E-state index contributed by atoms with van der Waals surface area (Å²) in [7, 11) is 0. The molecule has 0 radical (unpaired) electrons. The zero-order chi connectivity index (χ0) is 14.5. The molecule has 0 unspecified atom stereocenters. The molecule has 0 aromatic carbocycles. The predicted molar refractivity (Wildman–Crippen MR) is 71.9 cm³/mol. The molecule has 110 valence electrons. The second-order valence-corrected chi connectivity index (χ2v) is 5.74. The Bertz CT molecular complexity index is 314. The lowest BCUT2D eigenvalue weighted by atomic mass is 10.2. The largest absolute Gasteiger partial charge is 0.444 e. The van der Waals surface area contributed by atoms with E-state index >= 15 is 0 Å². The van der Waals surface area contributed by atoms with Gasteiger partial charge in [-0.2, -0.15) is 0 Å². The first kappa shape index (κ1) is 16.0. The lowest BCUT2D eigenvalue weighted by Gasteiger charge is -2.24. The van der Waals surface area contributed by atoms with Gasteiger partial charge in [0.25, 0.3) is 0 Å². The molecule has 1 aliphatic rings. The summed E-state index contributed by atoms with van der Waals surface area (Å²) in [6.45, 7) is 9.76. The van der Waals surface area contributed by atoms with Gasteiger partial charge >= 0.3 is 6.09 Å². The van der Waals surface area contributed by atoms with E-state index < -0.39 is 24.0 Å². The highest BCUT2D eigenvalue weighted by molar-refractivity contribution is 5.68. The number of ether oxygens (including phenoxy) is 2. The molecule has 1 amide bonds. The van der Waals surface area contributed by atoms with E-state index in [0.717, 1.165) is 12.8 Å². The van der Waals surface area contributed by atoms with Crippen molar-refractivity contribution in [2.75, 3.05) is 19.7 Å². The minimum Gasteiger partial charge on any atom is -0.444 e. The Hall–Kier alpha value is -1.10. The maximum absolute atomic E-state index is 13.7. The van der Waals surface area contributed by atoms with Crippen molar-refractivity contribution in [1.29, 1.82) is 0 Å². The summed E-state index contributed by atoms with van der Waals surface area (Å²) in [5.41, 5.74) is -0.564. The van der Waals surface area contributed by atoms with Crippen molar-refractivity contribution in [3.05, 3.63) is 12.7 Å². The smallest absolute Gasteiger partial charge is 0.410 e. The van der Waals surface area contributed by atoms with Crippen LogP contribution in [0.4, 0.5) is 9.18 Å². The van der Waals surface area contributed by atoms with Crippen LogP contribution in [0.1, 0.15) is 33.6 Å². The molecule has 0 saturated carbocycles. The molecule has 1 saturated heterocycles. The fraction of sp³-hybridized carbons (Fsp3) is 0.786. The van der Waals surface area contributed by atoms with Crippen LogP contribution >= 0.6 is 0 Å². The topological polar surface area (TPSA) is 38.8 Å².